The molecule has 2 aromatic heterocycles. The standard InChI is InChI=1S/C18H24ClN5O/c1-13-16(14(2)22(3)21-13)5-7-18(25)24-10-8-23(9-11-24)17-6-4-15(19)12-20-17/h4,6,12H,5,7-11H2,1-3H3. The fourth-order valence-corrected chi connectivity index (χ4v) is 3.42. The number of carbonyl (C=O) groups excluding carboxylic acids is 1. The highest BCUT2D eigenvalue weighted by atomic mass is 35.5. The summed E-state index contributed by atoms with van der Waals surface area (Å²) in [7, 11) is 1.94. The van der Waals surface area contributed by atoms with Crippen LogP contribution in [0.25, 0.3) is 0 Å². The number of rotatable bonds is 4. The summed E-state index contributed by atoms with van der Waals surface area (Å²) in [6.07, 6.45) is 2.95. The van der Waals surface area contributed by atoms with E-state index in [4.69, 9.17) is 11.6 Å². The predicted octanol–water partition coefficient (Wildman–Crippen LogP) is 2.37. The number of anilines is 1. The van der Waals surface area contributed by atoms with Gasteiger partial charge in [0.2, 0.25) is 5.91 Å². The van der Waals surface area contributed by atoms with E-state index in [9.17, 15) is 4.79 Å². The molecule has 0 saturated carbocycles. The molecule has 0 atom stereocenters. The summed E-state index contributed by atoms with van der Waals surface area (Å²) in [5.74, 6) is 1.13. The number of nitrogens with zero attached hydrogens (tertiary/aromatic N) is 5. The third-order valence-corrected chi connectivity index (χ3v) is 5.14. The van der Waals surface area contributed by atoms with Crippen LogP contribution in [0.15, 0.2) is 18.3 Å². The highest BCUT2D eigenvalue weighted by Gasteiger charge is 2.22. The lowest BCUT2D eigenvalue weighted by Crippen LogP contribution is -2.49. The van der Waals surface area contributed by atoms with Crippen LogP contribution in [0, 0.1) is 13.8 Å². The number of hydrogen-bond donors (Lipinski definition) is 0. The third-order valence-electron chi connectivity index (χ3n) is 4.92. The molecule has 0 radical (unpaired) electrons. The molecule has 0 N–H and O–H groups in total. The van der Waals surface area contributed by atoms with Crippen molar-refractivity contribution in [3.8, 4) is 0 Å². The summed E-state index contributed by atoms with van der Waals surface area (Å²) in [6.45, 7) is 7.11. The fourth-order valence-electron chi connectivity index (χ4n) is 3.31. The Bertz CT molecular complexity index is 748. The first-order valence-corrected chi connectivity index (χ1v) is 8.97. The van der Waals surface area contributed by atoms with Crippen molar-refractivity contribution >= 4 is 23.3 Å². The molecule has 1 aliphatic rings. The molecule has 25 heavy (non-hydrogen) atoms. The average molecular weight is 362 g/mol. The summed E-state index contributed by atoms with van der Waals surface area (Å²) in [5.41, 5.74) is 3.36. The normalized spacial score (nSPS) is 14.9. The first-order chi connectivity index (χ1) is 12.0. The molecular weight excluding hydrogens is 338 g/mol. The lowest BCUT2D eigenvalue weighted by molar-refractivity contribution is -0.131. The Kier molecular flexibility index (Phi) is 5.27. The molecule has 1 saturated heterocycles. The second-order valence-corrected chi connectivity index (χ2v) is 6.91. The van der Waals surface area contributed by atoms with Crippen molar-refractivity contribution in [2.75, 3.05) is 31.1 Å². The van der Waals surface area contributed by atoms with Gasteiger partial charge in [-0.25, -0.2) is 4.98 Å². The molecule has 7 heteroatoms. The second-order valence-electron chi connectivity index (χ2n) is 6.48. The van der Waals surface area contributed by atoms with Gasteiger partial charge in [0.05, 0.1) is 10.7 Å². The molecule has 0 bridgehead atoms. The Morgan fingerprint density at radius 1 is 1.20 bits per heavy atom. The van der Waals surface area contributed by atoms with Crippen molar-refractivity contribution in [3.63, 3.8) is 0 Å². The zero-order valence-electron chi connectivity index (χ0n) is 15.0. The minimum atomic E-state index is 0.214. The highest BCUT2D eigenvalue weighted by Crippen LogP contribution is 2.18. The van der Waals surface area contributed by atoms with Crippen molar-refractivity contribution in [1.29, 1.82) is 0 Å². The molecule has 3 rings (SSSR count). The van der Waals surface area contributed by atoms with Crippen molar-refractivity contribution in [3.05, 3.63) is 40.3 Å². The average Bonchev–Trinajstić information content (AvgIpc) is 2.86. The zero-order valence-corrected chi connectivity index (χ0v) is 15.8. The number of carbonyl (C=O) groups is 1. The SMILES string of the molecule is Cc1nn(C)c(C)c1CCC(=O)N1CCN(c2ccc(Cl)cn2)CC1. The Morgan fingerprint density at radius 2 is 1.92 bits per heavy atom. The van der Waals surface area contributed by atoms with Crippen LogP contribution in [0.2, 0.25) is 5.02 Å². The van der Waals surface area contributed by atoms with Gasteiger partial charge in [-0.3, -0.25) is 9.48 Å². The van der Waals surface area contributed by atoms with E-state index in [1.54, 1.807) is 6.20 Å². The summed E-state index contributed by atoms with van der Waals surface area (Å²) >= 11 is 5.88. The van der Waals surface area contributed by atoms with Gasteiger partial charge < -0.3 is 9.80 Å². The number of amides is 1. The lowest BCUT2D eigenvalue weighted by Gasteiger charge is -2.35. The smallest absolute Gasteiger partial charge is 0.223 e. The van der Waals surface area contributed by atoms with Gasteiger partial charge in [0, 0.05) is 51.5 Å². The maximum absolute atomic E-state index is 12.5. The van der Waals surface area contributed by atoms with Crippen LogP contribution in [0.4, 0.5) is 5.82 Å². The van der Waals surface area contributed by atoms with Crippen LogP contribution < -0.4 is 4.90 Å². The summed E-state index contributed by atoms with van der Waals surface area (Å²) in [4.78, 5) is 21.0. The van der Waals surface area contributed by atoms with Crippen molar-refractivity contribution in [1.82, 2.24) is 19.7 Å². The lowest BCUT2D eigenvalue weighted by atomic mass is 10.1. The van der Waals surface area contributed by atoms with Gasteiger partial charge in [0.15, 0.2) is 0 Å². The maximum atomic E-state index is 12.5. The van der Waals surface area contributed by atoms with Crippen LogP contribution in [0.3, 0.4) is 0 Å². The van der Waals surface area contributed by atoms with Crippen molar-refractivity contribution in [2.45, 2.75) is 26.7 Å². The van der Waals surface area contributed by atoms with E-state index in [0.717, 1.165) is 49.8 Å². The third kappa shape index (κ3) is 3.95. The van der Waals surface area contributed by atoms with E-state index in [-0.39, 0.29) is 5.91 Å². The Morgan fingerprint density at radius 3 is 2.48 bits per heavy atom. The molecule has 3 heterocycles. The number of hydrogen-bond acceptors (Lipinski definition) is 4. The second kappa shape index (κ2) is 7.44. The molecular formula is C18H24ClN5O. The summed E-state index contributed by atoms with van der Waals surface area (Å²) in [6, 6.07) is 3.77. The van der Waals surface area contributed by atoms with Crippen molar-refractivity contribution < 1.29 is 4.79 Å². The number of aromatic nitrogens is 3. The minimum absolute atomic E-state index is 0.214. The van der Waals surface area contributed by atoms with Crippen LogP contribution in [-0.2, 0) is 18.3 Å². The summed E-state index contributed by atoms with van der Waals surface area (Å²) in [5, 5.41) is 5.06. The molecule has 0 aromatic carbocycles. The molecule has 6 nitrogen and oxygen atoms in total. The number of piperazine rings is 1. The number of pyridine rings is 1. The molecule has 1 aliphatic heterocycles. The van der Waals surface area contributed by atoms with Gasteiger partial charge in [0.25, 0.3) is 0 Å². The van der Waals surface area contributed by atoms with E-state index >= 15 is 0 Å². The van der Waals surface area contributed by atoms with Crippen LogP contribution in [-0.4, -0.2) is 51.8 Å². The van der Waals surface area contributed by atoms with Crippen molar-refractivity contribution in [2.24, 2.45) is 7.05 Å². The number of halogens is 1. The van der Waals surface area contributed by atoms with Gasteiger partial charge in [-0.15, -0.1) is 0 Å². The Labute approximate surface area is 153 Å². The zero-order chi connectivity index (χ0) is 18.0. The Hall–Kier alpha value is -2.08. The first kappa shape index (κ1) is 17.7. The molecule has 1 fully saturated rings. The van der Waals surface area contributed by atoms with E-state index in [2.05, 4.69) is 21.9 Å². The van der Waals surface area contributed by atoms with Crippen LogP contribution in [0.5, 0.6) is 0 Å². The van der Waals surface area contributed by atoms with E-state index in [0.29, 0.717) is 11.4 Å². The van der Waals surface area contributed by atoms with E-state index < -0.39 is 0 Å². The largest absolute Gasteiger partial charge is 0.353 e. The van der Waals surface area contributed by atoms with Gasteiger partial charge >= 0.3 is 0 Å². The fraction of sp³-hybridized carbons (Fsp3) is 0.500. The molecule has 0 unspecified atom stereocenters. The first-order valence-electron chi connectivity index (χ1n) is 8.59. The summed E-state index contributed by atoms with van der Waals surface area (Å²) < 4.78 is 1.88. The molecule has 0 spiro atoms. The van der Waals surface area contributed by atoms with Gasteiger partial charge in [-0.1, -0.05) is 11.6 Å². The molecule has 2 aromatic rings. The monoisotopic (exact) mass is 361 g/mol. The van der Waals surface area contributed by atoms with Crippen LogP contribution >= 0.6 is 11.6 Å². The van der Waals surface area contributed by atoms with Crippen LogP contribution in [0.1, 0.15) is 23.4 Å². The van der Waals surface area contributed by atoms with Gasteiger partial charge in [-0.05, 0) is 38.0 Å². The molecule has 0 aliphatic carbocycles. The Balaban J connectivity index is 1.52. The molecule has 134 valence electrons. The molecule has 1 amide bonds. The quantitative estimate of drug-likeness (QED) is 0.839. The van der Waals surface area contributed by atoms with E-state index in [1.165, 1.54) is 5.56 Å². The predicted molar refractivity (Wildman–Crippen MR) is 99.0 cm³/mol. The highest BCUT2D eigenvalue weighted by molar-refractivity contribution is 6.30. The van der Waals surface area contributed by atoms with Gasteiger partial charge in [-0.2, -0.15) is 5.10 Å². The number of aryl methyl sites for hydroxylation is 2. The maximum Gasteiger partial charge on any atom is 0.223 e. The van der Waals surface area contributed by atoms with E-state index in [1.807, 2.05) is 35.7 Å². The topological polar surface area (TPSA) is 54.3 Å². The minimum Gasteiger partial charge on any atom is -0.353 e. The van der Waals surface area contributed by atoms with Gasteiger partial charge in [0.1, 0.15) is 5.82 Å².